The van der Waals surface area contributed by atoms with Crippen LogP contribution in [0.15, 0.2) is 146 Å². The van der Waals surface area contributed by atoms with Crippen molar-refractivity contribution >= 4 is 64.1 Å². The highest BCUT2D eigenvalue weighted by molar-refractivity contribution is 7.25. The minimum atomic E-state index is 0.893. The van der Waals surface area contributed by atoms with E-state index >= 15 is 0 Å². The third-order valence-electron chi connectivity index (χ3n) is 8.46. The number of rotatable bonds is 3. The van der Waals surface area contributed by atoms with Crippen LogP contribution in [0.5, 0.6) is 0 Å². The first-order chi connectivity index (χ1) is 21.3. The molecule has 0 aliphatic carbocycles. The van der Waals surface area contributed by atoms with E-state index in [1.54, 1.807) is 0 Å². The van der Waals surface area contributed by atoms with Gasteiger partial charge in [0.25, 0.3) is 0 Å². The molecule has 200 valence electrons. The number of hydrogen-bond donors (Lipinski definition) is 0. The summed E-state index contributed by atoms with van der Waals surface area (Å²) < 4.78 is 2.63. The van der Waals surface area contributed by atoms with Crippen molar-refractivity contribution in [1.82, 2.24) is 9.97 Å². The summed E-state index contributed by atoms with van der Waals surface area (Å²) in [5, 5.41) is 7.60. The van der Waals surface area contributed by atoms with Gasteiger partial charge >= 0.3 is 0 Å². The van der Waals surface area contributed by atoms with Crippen LogP contribution in [0.25, 0.3) is 86.4 Å². The molecule has 0 bridgehead atoms. The van der Waals surface area contributed by atoms with Crippen LogP contribution in [0.4, 0.5) is 0 Å². The van der Waals surface area contributed by atoms with E-state index in [0.29, 0.717) is 0 Å². The number of fused-ring (bicyclic) bond motifs is 7. The lowest BCUT2D eigenvalue weighted by Crippen LogP contribution is -1.95. The molecular weight excluding hydrogens is 541 g/mol. The van der Waals surface area contributed by atoms with Gasteiger partial charge in [0.1, 0.15) is 0 Å². The molecule has 0 saturated carbocycles. The molecule has 0 aliphatic heterocycles. The molecule has 3 heteroatoms. The van der Waals surface area contributed by atoms with E-state index in [4.69, 9.17) is 9.97 Å². The van der Waals surface area contributed by atoms with Gasteiger partial charge in [-0.15, -0.1) is 11.3 Å². The average Bonchev–Trinajstić information content (AvgIpc) is 3.46. The van der Waals surface area contributed by atoms with Crippen LogP contribution < -0.4 is 0 Å². The molecule has 9 rings (SSSR count). The van der Waals surface area contributed by atoms with Crippen LogP contribution >= 0.6 is 11.3 Å². The third kappa shape index (κ3) is 3.93. The summed E-state index contributed by atoms with van der Waals surface area (Å²) in [6.45, 7) is 0. The van der Waals surface area contributed by atoms with Crippen molar-refractivity contribution in [1.29, 1.82) is 0 Å². The Labute approximate surface area is 252 Å². The molecule has 0 unspecified atom stereocenters. The van der Waals surface area contributed by atoms with Crippen LogP contribution in [0, 0.1) is 0 Å². The lowest BCUT2D eigenvalue weighted by Gasteiger charge is -2.13. The number of para-hydroxylation sites is 2. The Hall–Kier alpha value is -5.38. The average molecular weight is 565 g/mol. The van der Waals surface area contributed by atoms with E-state index in [9.17, 15) is 0 Å². The highest BCUT2D eigenvalue weighted by Crippen LogP contribution is 2.41. The summed E-state index contributed by atoms with van der Waals surface area (Å²) in [5.41, 5.74) is 8.16. The van der Waals surface area contributed by atoms with Crippen LogP contribution in [0.2, 0.25) is 0 Å². The van der Waals surface area contributed by atoms with Crippen molar-refractivity contribution < 1.29 is 0 Å². The Balaban J connectivity index is 1.21. The summed E-state index contributed by atoms with van der Waals surface area (Å²) >= 11 is 1.85. The van der Waals surface area contributed by atoms with Gasteiger partial charge in [-0.1, -0.05) is 115 Å². The largest absolute Gasteiger partial charge is 0.244 e. The predicted molar refractivity (Wildman–Crippen MR) is 184 cm³/mol. The van der Waals surface area contributed by atoms with E-state index in [-0.39, 0.29) is 0 Å². The lowest BCUT2D eigenvalue weighted by molar-refractivity contribution is 1.29. The quantitative estimate of drug-likeness (QED) is 0.199. The monoisotopic (exact) mass is 564 g/mol. The molecule has 0 atom stereocenters. The fraction of sp³-hybridized carbons (Fsp3) is 0. The van der Waals surface area contributed by atoms with E-state index in [1.165, 1.54) is 52.8 Å². The van der Waals surface area contributed by atoms with Gasteiger partial charge in [-0.2, -0.15) is 0 Å². The predicted octanol–water partition coefficient (Wildman–Crippen LogP) is 11.3. The molecule has 0 N–H and O–H groups in total. The molecular formula is C40H24N2S. The fourth-order valence-corrected chi connectivity index (χ4v) is 7.52. The Bertz CT molecular complexity index is 2510. The second-order valence-electron chi connectivity index (χ2n) is 11.0. The van der Waals surface area contributed by atoms with Crippen molar-refractivity contribution in [2.45, 2.75) is 0 Å². The van der Waals surface area contributed by atoms with Gasteiger partial charge in [-0.3, -0.25) is 0 Å². The van der Waals surface area contributed by atoms with E-state index < -0.39 is 0 Å². The smallest absolute Gasteiger partial charge is 0.0973 e. The SMILES string of the molecule is c1ccc2c(c1)ccc1cc(-c3nc4ccccc4nc3-c3ccc(-c4cccc5sc6ccccc6c45)cc3)ccc12. The minimum Gasteiger partial charge on any atom is -0.244 e. The Morgan fingerprint density at radius 3 is 1.84 bits per heavy atom. The molecule has 0 fully saturated rings. The normalized spacial score (nSPS) is 11.7. The summed E-state index contributed by atoms with van der Waals surface area (Å²) in [6.07, 6.45) is 0. The number of thiophene rings is 1. The van der Waals surface area contributed by atoms with Crippen molar-refractivity contribution in [3.8, 4) is 33.6 Å². The molecule has 2 nitrogen and oxygen atoms in total. The summed E-state index contributed by atoms with van der Waals surface area (Å²) in [7, 11) is 0. The van der Waals surface area contributed by atoms with Gasteiger partial charge < -0.3 is 0 Å². The maximum atomic E-state index is 5.18. The molecule has 0 radical (unpaired) electrons. The first kappa shape index (κ1) is 24.2. The van der Waals surface area contributed by atoms with E-state index in [2.05, 4.69) is 121 Å². The zero-order valence-corrected chi connectivity index (χ0v) is 24.0. The van der Waals surface area contributed by atoms with Crippen molar-refractivity contribution in [3.63, 3.8) is 0 Å². The Morgan fingerprint density at radius 1 is 0.395 bits per heavy atom. The van der Waals surface area contributed by atoms with Crippen molar-refractivity contribution in [3.05, 3.63) is 146 Å². The summed E-state index contributed by atoms with van der Waals surface area (Å²) in [5.74, 6) is 0. The second-order valence-corrected chi connectivity index (χ2v) is 12.1. The Morgan fingerprint density at radius 2 is 1.00 bits per heavy atom. The zero-order valence-electron chi connectivity index (χ0n) is 23.2. The summed E-state index contributed by atoms with van der Waals surface area (Å²) in [4.78, 5) is 10.4. The molecule has 9 aromatic rings. The highest BCUT2D eigenvalue weighted by Gasteiger charge is 2.16. The second kappa shape index (κ2) is 9.59. The maximum absolute atomic E-state index is 5.18. The summed E-state index contributed by atoms with van der Waals surface area (Å²) in [6, 6.07) is 51.9. The molecule has 7 aromatic carbocycles. The van der Waals surface area contributed by atoms with Crippen molar-refractivity contribution in [2.24, 2.45) is 0 Å². The third-order valence-corrected chi connectivity index (χ3v) is 9.60. The number of nitrogens with zero attached hydrogens (tertiary/aromatic N) is 2. The van der Waals surface area contributed by atoms with Crippen LogP contribution in [-0.4, -0.2) is 9.97 Å². The number of hydrogen-bond acceptors (Lipinski definition) is 3. The first-order valence-electron chi connectivity index (χ1n) is 14.5. The van der Waals surface area contributed by atoms with E-state index in [0.717, 1.165) is 33.5 Å². The van der Waals surface area contributed by atoms with Crippen LogP contribution in [0.3, 0.4) is 0 Å². The molecule has 0 amide bonds. The van der Waals surface area contributed by atoms with Gasteiger partial charge in [0.05, 0.1) is 22.4 Å². The topological polar surface area (TPSA) is 25.8 Å². The molecule has 0 aliphatic rings. The van der Waals surface area contributed by atoms with Crippen LogP contribution in [0.1, 0.15) is 0 Å². The van der Waals surface area contributed by atoms with Gasteiger partial charge in [0, 0.05) is 31.3 Å². The molecule has 43 heavy (non-hydrogen) atoms. The standard InChI is InChI=1S/C40H24N2S/c1-2-9-30-25(8-1)18-21-28-24-29(22-23-31(28)30)40-39(41-34-12-4-5-13-35(34)42-40)27-19-16-26(17-20-27)32-11-7-15-37-38(32)33-10-3-6-14-36(33)43-37/h1-24H. The van der Waals surface area contributed by atoms with Gasteiger partial charge in [0.15, 0.2) is 0 Å². The van der Waals surface area contributed by atoms with Gasteiger partial charge in [0.2, 0.25) is 0 Å². The van der Waals surface area contributed by atoms with Crippen molar-refractivity contribution in [2.75, 3.05) is 0 Å². The highest BCUT2D eigenvalue weighted by atomic mass is 32.1. The Kier molecular flexibility index (Phi) is 5.40. The van der Waals surface area contributed by atoms with E-state index in [1.807, 2.05) is 35.6 Å². The minimum absolute atomic E-state index is 0.893. The lowest BCUT2D eigenvalue weighted by atomic mass is 9.95. The molecule has 0 saturated heterocycles. The number of benzene rings is 7. The fourth-order valence-electron chi connectivity index (χ4n) is 6.39. The van der Waals surface area contributed by atoms with Gasteiger partial charge in [-0.25, -0.2) is 9.97 Å². The first-order valence-corrected chi connectivity index (χ1v) is 15.3. The molecule has 2 aromatic heterocycles. The molecule has 2 heterocycles. The van der Waals surface area contributed by atoms with Crippen LogP contribution in [-0.2, 0) is 0 Å². The van der Waals surface area contributed by atoms with Gasteiger partial charge in [-0.05, 0) is 63.0 Å². The molecule has 0 spiro atoms. The zero-order chi connectivity index (χ0) is 28.3. The maximum Gasteiger partial charge on any atom is 0.0973 e. The number of aromatic nitrogens is 2.